The van der Waals surface area contributed by atoms with Gasteiger partial charge in [-0.2, -0.15) is 0 Å². The van der Waals surface area contributed by atoms with Gasteiger partial charge in [-0.3, -0.25) is 19.6 Å². The predicted octanol–water partition coefficient (Wildman–Crippen LogP) is 3.98. The number of rotatable bonds is 9. The molecule has 37 heavy (non-hydrogen) atoms. The van der Waals surface area contributed by atoms with E-state index in [4.69, 9.17) is 10.5 Å². The zero-order chi connectivity index (χ0) is 26.4. The summed E-state index contributed by atoms with van der Waals surface area (Å²) in [5.41, 5.74) is 11.2. The third-order valence-electron chi connectivity index (χ3n) is 6.15. The molecule has 0 unspecified atom stereocenters. The lowest BCUT2D eigenvalue weighted by atomic mass is 9.94. The third kappa shape index (κ3) is 6.22. The van der Waals surface area contributed by atoms with E-state index in [1.165, 1.54) is 10.5 Å². The van der Waals surface area contributed by atoms with E-state index in [-0.39, 0.29) is 18.8 Å². The Labute approximate surface area is 216 Å². The largest absolute Gasteiger partial charge is 0.489 e. The molecule has 190 valence electrons. The van der Waals surface area contributed by atoms with Crippen molar-refractivity contribution < 1.29 is 19.4 Å². The average molecular weight is 499 g/mol. The number of nitrogens with zero attached hydrogens (tertiary/aromatic N) is 3. The maximum absolute atomic E-state index is 13.2. The van der Waals surface area contributed by atoms with Gasteiger partial charge in [-0.05, 0) is 46.9 Å². The molecule has 8 heteroatoms. The van der Waals surface area contributed by atoms with Crippen LogP contribution in [0.3, 0.4) is 0 Å². The number of carboxylic acids is 1. The molecule has 3 aromatic rings. The molecule has 2 aromatic carbocycles. The van der Waals surface area contributed by atoms with Crippen LogP contribution in [0.25, 0.3) is 11.3 Å². The molecule has 0 bridgehead atoms. The molecule has 1 aliphatic heterocycles. The SMILES string of the molecule is CC(C)c1ccc(COc2ccc(C(C3=NCCN(CC(=O)O)C3=O)=C(N)c3ccncc3)cc2)cc1. The molecule has 0 saturated carbocycles. The van der Waals surface area contributed by atoms with Crippen molar-refractivity contribution >= 4 is 28.9 Å². The van der Waals surface area contributed by atoms with Crippen molar-refractivity contribution in [1.82, 2.24) is 9.88 Å². The Bertz CT molecular complexity index is 1310. The van der Waals surface area contributed by atoms with Crippen LogP contribution in [0.15, 0.2) is 78.0 Å². The number of amides is 1. The Balaban J connectivity index is 1.61. The number of aliphatic imine (C=N–C) groups is 1. The summed E-state index contributed by atoms with van der Waals surface area (Å²) in [5, 5.41) is 9.22. The van der Waals surface area contributed by atoms with Gasteiger partial charge in [-0.25, -0.2) is 0 Å². The fourth-order valence-corrected chi connectivity index (χ4v) is 4.08. The molecule has 0 fully saturated rings. The molecular weight excluding hydrogens is 468 g/mol. The highest BCUT2D eigenvalue weighted by Gasteiger charge is 2.30. The van der Waals surface area contributed by atoms with E-state index < -0.39 is 18.4 Å². The number of carboxylic acid groups (broad SMARTS) is 1. The van der Waals surface area contributed by atoms with Crippen LogP contribution in [-0.2, 0) is 16.2 Å². The number of nitrogens with two attached hydrogens (primary N) is 1. The number of hydrogen-bond donors (Lipinski definition) is 2. The molecule has 2 heterocycles. The molecule has 0 aliphatic carbocycles. The zero-order valence-electron chi connectivity index (χ0n) is 20.9. The first-order chi connectivity index (χ1) is 17.8. The first-order valence-corrected chi connectivity index (χ1v) is 12.1. The van der Waals surface area contributed by atoms with Crippen LogP contribution in [-0.4, -0.2) is 52.2 Å². The predicted molar refractivity (Wildman–Crippen MR) is 143 cm³/mol. The Hall–Kier alpha value is -4.46. The lowest BCUT2D eigenvalue weighted by molar-refractivity contribution is -0.142. The number of benzene rings is 2. The van der Waals surface area contributed by atoms with Crippen LogP contribution < -0.4 is 10.5 Å². The minimum Gasteiger partial charge on any atom is -0.489 e. The second-order valence-corrected chi connectivity index (χ2v) is 9.08. The van der Waals surface area contributed by atoms with E-state index in [0.717, 1.165) is 5.56 Å². The Morgan fingerprint density at radius 3 is 2.32 bits per heavy atom. The van der Waals surface area contributed by atoms with Gasteiger partial charge in [-0.1, -0.05) is 50.2 Å². The fraction of sp³-hybridized carbons (Fsp3) is 0.241. The van der Waals surface area contributed by atoms with Crippen LogP contribution in [0, 0.1) is 0 Å². The highest BCUT2D eigenvalue weighted by molar-refractivity contribution is 6.58. The van der Waals surface area contributed by atoms with Gasteiger partial charge in [0.2, 0.25) is 0 Å². The van der Waals surface area contributed by atoms with Gasteiger partial charge in [-0.15, -0.1) is 0 Å². The van der Waals surface area contributed by atoms with Gasteiger partial charge in [0.25, 0.3) is 5.91 Å². The number of ether oxygens (including phenoxy) is 1. The summed E-state index contributed by atoms with van der Waals surface area (Å²) in [6.45, 7) is 4.88. The van der Waals surface area contributed by atoms with E-state index in [1.807, 2.05) is 24.3 Å². The molecule has 1 aliphatic rings. The number of aliphatic carboxylic acids is 1. The normalized spacial score (nSPS) is 14.3. The van der Waals surface area contributed by atoms with Crippen LogP contribution >= 0.6 is 0 Å². The maximum atomic E-state index is 13.2. The lowest BCUT2D eigenvalue weighted by Crippen LogP contribution is -2.45. The fourth-order valence-electron chi connectivity index (χ4n) is 4.08. The van der Waals surface area contributed by atoms with Gasteiger partial charge < -0.3 is 20.5 Å². The molecular formula is C29H30N4O4. The number of aromatic nitrogens is 1. The van der Waals surface area contributed by atoms with Crippen LogP contribution in [0.2, 0.25) is 0 Å². The maximum Gasteiger partial charge on any atom is 0.323 e. The first kappa shape index (κ1) is 25.6. The van der Waals surface area contributed by atoms with Crippen molar-refractivity contribution in [2.75, 3.05) is 19.6 Å². The molecule has 1 amide bonds. The number of hydrogen-bond acceptors (Lipinski definition) is 6. The molecule has 4 rings (SSSR count). The number of carbonyl (C=O) groups excluding carboxylic acids is 1. The number of carbonyl (C=O) groups is 2. The van der Waals surface area contributed by atoms with E-state index >= 15 is 0 Å². The first-order valence-electron chi connectivity index (χ1n) is 12.1. The van der Waals surface area contributed by atoms with Crippen LogP contribution in [0.4, 0.5) is 0 Å². The average Bonchev–Trinajstić information content (AvgIpc) is 2.91. The zero-order valence-corrected chi connectivity index (χ0v) is 20.9. The third-order valence-corrected chi connectivity index (χ3v) is 6.15. The molecule has 0 radical (unpaired) electrons. The van der Waals surface area contributed by atoms with Gasteiger partial charge >= 0.3 is 5.97 Å². The standard InChI is InChI=1S/C29H30N4O4/c1-19(2)21-5-3-20(4-6-21)18-37-24-9-7-22(8-10-24)26(27(30)23-11-13-31-14-12-23)28-29(36)33(16-15-32-28)17-25(34)35/h3-14,19H,15-18,30H2,1-2H3,(H,34,35). The highest BCUT2D eigenvalue weighted by Crippen LogP contribution is 2.28. The molecule has 8 nitrogen and oxygen atoms in total. The Morgan fingerprint density at radius 1 is 1.03 bits per heavy atom. The van der Waals surface area contributed by atoms with Crippen molar-refractivity contribution in [3.63, 3.8) is 0 Å². The summed E-state index contributed by atoms with van der Waals surface area (Å²) in [7, 11) is 0. The summed E-state index contributed by atoms with van der Waals surface area (Å²) >= 11 is 0. The minimum absolute atomic E-state index is 0.140. The lowest BCUT2D eigenvalue weighted by Gasteiger charge is -2.26. The quantitative estimate of drug-likeness (QED) is 0.461. The summed E-state index contributed by atoms with van der Waals surface area (Å²) in [6.07, 6.45) is 3.23. The van der Waals surface area contributed by atoms with Crippen LogP contribution in [0.1, 0.15) is 42.0 Å². The van der Waals surface area contributed by atoms with Crippen LogP contribution in [0.5, 0.6) is 5.75 Å². The molecule has 3 N–H and O–H groups in total. The minimum atomic E-state index is -1.08. The van der Waals surface area contributed by atoms with Crippen molar-refractivity contribution in [1.29, 1.82) is 0 Å². The van der Waals surface area contributed by atoms with Crippen molar-refractivity contribution in [2.45, 2.75) is 26.4 Å². The Kier molecular flexibility index (Phi) is 7.98. The topological polar surface area (TPSA) is 118 Å². The second kappa shape index (κ2) is 11.5. The molecule has 0 atom stereocenters. The molecule has 1 aromatic heterocycles. The summed E-state index contributed by atoms with van der Waals surface area (Å²) < 4.78 is 5.97. The summed E-state index contributed by atoms with van der Waals surface area (Å²) in [5.74, 6) is -0.405. The van der Waals surface area contributed by atoms with Crippen molar-refractivity contribution in [3.05, 3.63) is 95.3 Å². The Morgan fingerprint density at radius 2 is 1.70 bits per heavy atom. The van der Waals surface area contributed by atoms with E-state index in [1.54, 1.807) is 24.5 Å². The van der Waals surface area contributed by atoms with E-state index in [2.05, 4.69) is 48.1 Å². The van der Waals surface area contributed by atoms with Gasteiger partial charge in [0.15, 0.2) is 0 Å². The monoisotopic (exact) mass is 498 g/mol. The molecule has 0 spiro atoms. The summed E-state index contributed by atoms with van der Waals surface area (Å²) in [4.78, 5) is 34.2. The van der Waals surface area contributed by atoms with Gasteiger partial charge in [0.1, 0.15) is 24.6 Å². The van der Waals surface area contributed by atoms with Crippen molar-refractivity contribution in [3.8, 4) is 5.75 Å². The van der Waals surface area contributed by atoms with Gasteiger partial charge in [0.05, 0.1) is 6.54 Å². The smallest absolute Gasteiger partial charge is 0.323 e. The molecule has 0 saturated heterocycles. The highest BCUT2D eigenvalue weighted by atomic mass is 16.5. The van der Waals surface area contributed by atoms with Gasteiger partial charge in [0, 0.05) is 35.8 Å². The second-order valence-electron chi connectivity index (χ2n) is 9.08. The van der Waals surface area contributed by atoms with E-state index in [0.29, 0.717) is 40.7 Å². The van der Waals surface area contributed by atoms with E-state index in [9.17, 15) is 14.7 Å². The number of pyridine rings is 1. The van der Waals surface area contributed by atoms with Crippen molar-refractivity contribution in [2.24, 2.45) is 10.7 Å². The summed E-state index contributed by atoms with van der Waals surface area (Å²) in [6, 6.07) is 19.1.